The van der Waals surface area contributed by atoms with Gasteiger partial charge >= 0.3 is 5.97 Å². The molecule has 1 atom stereocenters. The Hall–Kier alpha value is -1.95. The van der Waals surface area contributed by atoms with Gasteiger partial charge in [-0.15, -0.1) is 0 Å². The lowest BCUT2D eigenvalue weighted by Gasteiger charge is -2.11. The van der Waals surface area contributed by atoms with Gasteiger partial charge in [0.1, 0.15) is 5.82 Å². The second-order valence-electron chi connectivity index (χ2n) is 3.50. The number of aromatic carboxylic acids is 1. The largest absolute Gasteiger partial charge is 0.478 e. The summed E-state index contributed by atoms with van der Waals surface area (Å²) in [6, 6.07) is 2.97. The topological polar surface area (TPSA) is 78.4 Å². The van der Waals surface area contributed by atoms with Crippen LogP contribution in [0.5, 0.6) is 0 Å². The first kappa shape index (κ1) is 13.1. The first-order chi connectivity index (χ1) is 7.95. The monoisotopic (exact) mass is 240 g/mol. The highest BCUT2D eigenvalue weighted by atomic mass is 19.1. The Kier molecular flexibility index (Phi) is 4.17. The highest BCUT2D eigenvalue weighted by molar-refractivity contribution is 5.96. The van der Waals surface area contributed by atoms with Crippen LogP contribution in [0.4, 0.5) is 10.1 Å². The van der Waals surface area contributed by atoms with Gasteiger partial charge in [-0.1, -0.05) is 0 Å². The predicted molar refractivity (Wildman–Crippen MR) is 60.5 cm³/mol. The van der Waals surface area contributed by atoms with Crippen molar-refractivity contribution in [2.75, 3.05) is 12.4 Å². The van der Waals surface area contributed by atoms with E-state index in [1.165, 1.54) is 6.07 Å². The first-order valence-corrected chi connectivity index (χ1v) is 4.96. The standard InChI is InChI=1S/C11H13FN2O3/c1-6(13-2)10(15)14-7-3-4-9(12)8(5-7)11(16)17/h3-6,13H,1-2H3,(H,14,15)(H,16,17). The fourth-order valence-corrected chi connectivity index (χ4v) is 1.15. The molecule has 0 aliphatic rings. The van der Waals surface area contributed by atoms with E-state index in [1.54, 1.807) is 14.0 Å². The van der Waals surface area contributed by atoms with Crippen molar-refractivity contribution in [3.63, 3.8) is 0 Å². The van der Waals surface area contributed by atoms with E-state index in [-0.39, 0.29) is 11.6 Å². The minimum absolute atomic E-state index is 0.246. The summed E-state index contributed by atoms with van der Waals surface area (Å²) in [5.74, 6) is -2.53. The SMILES string of the molecule is CNC(C)C(=O)Nc1ccc(F)c(C(=O)O)c1. The van der Waals surface area contributed by atoms with Gasteiger partial charge in [-0.25, -0.2) is 9.18 Å². The van der Waals surface area contributed by atoms with Gasteiger partial charge in [-0.3, -0.25) is 4.79 Å². The van der Waals surface area contributed by atoms with E-state index < -0.39 is 23.4 Å². The molecule has 0 bridgehead atoms. The lowest BCUT2D eigenvalue weighted by molar-refractivity contribution is -0.117. The fraction of sp³-hybridized carbons (Fsp3) is 0.273. The zero-order valence-electron chi connectivity index (χ0n) is 9.45. The highest BCUT2D eigenvalue weighted by Gasteiger charge is 2.14. The van der Waals surface area contributed by atoms with Gasteiger partial charge in [0.25, 0.3) is 0 Å². The molecule has 0 radical (unpaired) electrons. The first-order valence-electron chi connectivity index (χ1n) is 4.96. The Morgan fingerprint density at radius 2 is 2.06 bits per heavy atom. The van der Waals surface area contributed by atoms with Gasteiger partial charge < -0.3 is 15.7 Å². The molecule has 0 saturated carbocycles. The molecule has 1 amide bonds. The number of carbonyl (C=O) groups is 2. The lowest BCUT2D eigenvalue weighted by Crippen LogP contribution is -2.35. The Morgan fingerprint density at radius 3 is 2.59 bits per heavy atom. The molecule has 1 unspecified atom stereocenters. The summed E-state index contributed by atoms with van der Waals surface area (Å²) >= 11 is 0. The Labute approximate surface area is 97.6 Å². The average Bonchev–Trinajstić information content (AvgIpc) is 2.30. The number of anilines is 1. The molecule has 1 aromatic rings. The van der Waals surface area contributed by atoms with Crippen molar-refractivity contribution < 1.29 is 19.1 Å². The molecule has 0 aromatic heterocycles. The van der Waals surface area contributed by atoms with E-state index in [0.717, 1.165) is 12.1 Å². The van der Waals surface area contributed by atoms with Crippen molar-refractivity contribution in [3.05, 3.63) is 29.6 Å². The van der Waals surface area contributed by atoms with Crippen molar-refractivity contribution in [3.8, 4) is 0 Å². The number of halogens is 1. The molecule has 1 aromatic carbocycles. The van der Waals surface area contributed by atoms with Gasteiger partial charge in [0, 0.05) is 5.69 Å². The summed E-state index contributed by atoms with van der Waals surface area (Å²) in [5, 5.41) is 13.9. The van der Waals surface area contributed by atoms with Crippen LogP contribution in [0.25, 0.3) is 0 Å². The van der Waals surface area contributed by atoms with Crippen LogP contribution in [-0.2, 0) is 4.79 Å². The molecule has 17 heavy (non-hydrogen) atoms. The lowest BCUT2D eigenvalue weighted by atomic mass is 10.2. The van der Waals surface area contributed by atoms with Crippen LogP contribution in [0.15, 0.2) is 18.2 Å². The molecule has 6 heteroatoms. The molecule has 0 spiro atoms. The number of nitrogens with one attached hydrogen (secondary N) is 2. The second kappa shape index (κ2) is 5.40. The predicted octanol–water partition coefficient (Wildman–Crippen LogP) is 1.07. The van der Waals surface area contributed by atoms with E-state index in [1.807, 2.05) is 0 Å². The molecule has 5 nitrogen and oxygen atoms in total. The van der Waals surface area contributed by atoms with Gasteiger partial charge in [0.05, 0.1) is 11.6 Å². The minimum atomic E-state index is -1.37. The third-order valence-corrected chi connectivity index (χ3v) is 2.29. The summed E-state index contributed by atoms with van der Waals surface area (Å²) in [6.45, 7) is 1.65. The number of hydrogen-bond donors (Lipinski definition) is 3. The number of hydrogen-bond acceptors (Lipinski definition) is 3. The van der Waals surface area contributed by atoms with Gasteiger partial charge in [0.15, 0.2) is 0 Å². The highest BCUT2D eigenvalue weighted by Crippen LogP contribution is 2.15. The Morgan fingerprint density at radius 1 is 1.41 bits per heavy atom. The zero-order chi connectivity index (χ0) is 13.0. The number of carboxylic acid groups (broad SMARTS) is 1. The van der Waals surface area contributed by atoms with E-state index in [0.29, 0.717) is 0 Å². The van der Waals surface area contributed by atoms with E-state index in [4.69, 9.17) is 5.11 Å². The van der Waals surface area contributed by atoms with Crippen molar-refractivity contribution in [2.24, 2.45) is 0 Å². The van der Waals surface area contributed by atoms with Crippen LogP contribution < -0.4 is 10.6 Å². The quantitative estimate of drug-likeness (QED) is 0.735. The average molecular weight is 240 g/mol. The number of benzene rings is 1. The maximum atomic E-state index is 13.1. The molecular formula is C11H13FN2O3. The molecule has 0 aliphatic carbocycles. The van der Waals surface area contributed by atoms with Crippen molar-refractivity contribution in [1.82, 2.24) is 5.32 Å². The van der Waals surface area contributed by atoms with Gasteiger partial charge in [0.2, 0.25) is 5.91 Å². The molecule has 0 fully saturated rings. The second-order valence-corrected chi connectivity index (χ2v) is 3.50. The van der Waals surface area contributed by atoms with E-state index in [2.05, 4.69) is 10.6 Å². The third kappa shape index (κ3) is 3.25. The third-order valence-electron chi connectivity index (χ3n) is 2.29. The zero-order valence-corrected chi connectivity index (χ0v) is 9.45. The summed E-state index contributed by atoms with van der Waals surface area (Å²) < 4.78 is 13.1. The number of carboxylic acids is 1. The van der Waals surface area contributed by atoms with Crippen LogP contribution in [0.1, 0.15) is 17.3 Å². The molecule has 1 rings (SSSR count). The molecule has 92 valence electrons. The number of rotatable bonds is 4. The molecule has 3 N–H and O–H groups in total. The van der Waals surface area contributed by atoms with Crippen LogP contribution >= 0.6 is 0 Å². The van der Waals surface area contributed by atoms with Crippen LogP contribution in [-0.4, -0.2) is 30.1 Å². The van der Waals surface area contributed by atoms with Crippen molar-refractivity contribution in [2.45, 2.75) is 13.0 Å². The van der Waals surface area contributed by atoms with E-state index >= 15 is 0 Å². The van der Waals surface area contributed by atoms with Crippen molar-refractivity contribution in [1.29, 1.82) is 0 Å². The summed E-state index contributed by atoms with van der Waals surface area (Å²) in [4.78, 5) is 22.2. The summed E-state index contributed by atoms with van der Waals surface area (Å²) in [6.07, 6.45) is 0. The maximum absolute atomic E-state index is 13.1. The molecule has 0 saturated heterocycles. The summed E-state index contributed by atoms with van der Waals surface area (Å²) in [5.41, 5.74) is -0.226. The van der Waals surface area contributed by atoms with Crippen LogP contribution in [0.3, 0.4) is 0 Å². The molecule has 0 heterocycles. The maximum Gasteiger partial charge on any atom is 0.338 e. The summed E-state index contributed by atoms with van der Waals surface area (Å²) in [7, 11) is 1.62. The van der Waals surface area contributed by atoms with Gasteiger partial charge in [-0.2, -0.15) is 0 Å². The Balaban J connectivity index is 2.90. The van der Waals surface area contributed by atoms with Gasteiger partial charge in [-0.05, 0) is 32.2 Å². The van der Waals surface area contributed by atoms with E-state index in [9.17, 15) is 14.0 Å². The number of carbonyl (C=O) groups excluding carboxylic acids is 1. The fourth-order valence-electron chi connectivity index (χ4n) is 1.15. The number of likely N-dealkylation sites (N-methyl/N-ethyl adjacent to an activating group) is 1. The molecule has 0 aliphatic heterocycles. The van der Waals surface area contributed by atoms with Crippen LogP contribution in [0.2, 0.25) is 0 Å². The Bertz CT molecular complexity index is 448. The van der Waals surface area contributed by atoms with Crippen molar-refractivity contribution >= 4 is 17.6 Å². The van der Waals surface area contributed by atoms with Crippen LogP contribution in [0, 0.1) is 5.82 Å². The normalized spacial score (nSPS) is 11.9. The smallest absolute Gasteiger partial charge is 0.338 e. The number of amides is 1. The minimum Gasteiger partial charge on any atom is -0.478 e. The molecular weight excluding hydrogens is 227 g/mol.